The van der Waals surface area contributed by atoms with E-state index in [1.54, 1.807) is 0 Å². The van der Waals surface area contributed by atoms with Gasteiger partial charge in [-0.2, -0.15) is 0 Å². The number of urea groups is 1. The number of carboxylic acids is 1. The van der Waals surface area contributed by atoms with E-state index in [-0.39, 0.29) is 24.9 Å². The lowest BCUT2D eigenvalue weighted by molar-refractivity contribution is -0.143. The maximum absolute atomic E-state index is 11.7. The average molecular weight is 285 g/mol. The molecule has 0 aromatic rings. The summed E-state index contributed by atoms with van der Waals surface area (Å²) in [7, 11) is 0. The molecule has 1 fully saturated rings. The third kappa shape index (κ3) is 5.46. The van der Waals surface area contributed by atoms with Crippen LogP contribution in [0.1, 0.15) is 39.0 Å². The van der Waals surface area contributed by atoms with Gasteiger partial charge < -0.3 is 21.1 Å². The van der Waals surface area contributed by atoms with Crippen LogP contribution in [-0.2, 0) is 9.59 Å². The second-order valence-electron chi connectivity index (χ2n) is 4.94. The van der Waals surface area contributed by atoms with Gasteiger partial charge in [-0.15, -0.1) is 0 Å². The van der Waals surface area contributed by atoms with Crippen molar-refractivity contribution in [3.63, 3.8) is 0 Å². The number of hydrogen-bond acceptors (Lipinski definition) is 3. The Morgan fingerprint density at radius 1 is 1.15 bits per heavy atom. The molecule has 1 saturated carbocycles. The molecule has 2 unspecified atom stereocenters. The third-order valence-electron chi connectivity index (χ3n) is 3.41. The van der Waals surface area contributed by atoms with Gasteiger partial charge in [-0.3, -0.25) is 9.59 Å². The van der Waals surface area contributed by atoms with Crippen LogP contribution >= 0.6 is 0 Å². The predicted molar refractivity (Wildman–Crippen MR) is 73.2 cm³/mol. The van der Waals surface area contributed by atoms with Gasteiger partial charge in [0.15, 0.2) is 0 Å². The number of carboxylic acid groups (broad SMARTS) is 1. The molecule has 0 heterocycles. The summed E-state index contributed by atoms with van der Waals surface area (Å²) in [5.41, 5.74) is 0. The Labute approximate surface area is 118 Å². The largest absolute Gasteiger partial charge is 0.481 e. The van der Waals surface area contributed by atoms with E-state index in [0.29, 0.717) is 19.4 Å². The minimum atomic E-state index is -0.864. The Bertz CT molecular complexity index is 360. The highest BCUT2D eigenvalue weighted by atomic mass is 16.4. The number of hydrogen-bond donors (Lipinski definition) is 4. The normalized spacial score (nSPS) is 21.9. The number of carbonyl (C=O) groups excluding carboxylic acids is 2. The van der Waals surface area contributed by atoms with Crippen LogP contribution in [0.15, 0.2) is 0 Å². The molecule has 0 spiro atoms. The van der Waals surface area contributed by atoms with Crippen molar-refractivity contribution in [2.24, 2.45) is 5.92 Å². The zero-order valence-electron chi connectivity index (χ0n) is 11.8. The summed E-state index contributed by atoms with van der Waals surface area (Å²) in [6, 6.07) is -0.738. The van der Waals surface area contributed by atoms with Crippen LogP contribution in [0.5, 0.6) is 0 Å². The molecule has 0 saturated heterocycles. The first-order chi connectivity index (χ1) is 9.54. The number of amides is 3. The lowest BCUT2D eigenvalue weighted by Crippen LogP contribution is -2.49. The first-order valence-corrected chi connectivity index (χ1v) is 7.08. The molecule has 1 aliphatic carbocycles. The molecule has 1 rings (SSSR count). The third-order valence-corrected chi connectivity index (χ3v) is 3.41. The molecule has 4 N–H and O–H groups in total. The summed E-state index contributed by atoms with van der Waals surface area (Å²) in [6.45, 7) is 2.63. The summed E-state index contributed by atoms with van der Waals surface area (Å²) >= 11 is 0. The molecule has 20 heavy (non-hydrogen) atoms. The predicted octanol–water partition coefficient (Wildman–Crippen LogP) is 0.455. The number of rotatable bonds is 6. The van der Waals surface area contributed by atoms with E-state index in [4.69, 9.17) is 5.11 Å². The van der Waals surface area contributed by atoms with Crippen molar-refractivity contribution in [1.82, 2.24) is 16.0 Å². The smallest absolute Gasteiger partial charge is 0.315 e. The van der Waals surface area contributed by atoms with E-state index in [1.807, 2.05) is 6.92 Å². The number of aliphatic carboxylic acids is 1. The SMILES string of the molecule is CCNC(=O)CCNC(=O)NC1CCCCC1C(=O)O. The summed E-state index contributed by atoms with van der Waals surface area (Å²) in [5.74, 6) is -1.50. The van der Waals surface area contributed by atoms with E-state index in [2.05, 4.69) is 16.0 Å². The Morgan fingerprint density at radius 2 is 1.85 bits per heavy atom. The lowest BCUT2D eigenvalue weighted by Gasteiger charge is -2.29. The van der Waals surface area contributed by atoms with E-state index in [1.165, 1.54) is 0 Å². The molecule has 0 aliphatic heterocycles. The van der Waals surface area contributed by atoms with Gasteiger partial charge in [0.1, 0.15) is 0 Å². The van der Waals surface area contributed by atoms with Crippen LogP contribution in [0.2, 0.25) is 0 Å². The molecule has 0 aromatic heterocycles. The second kappa shape index (κ2) is 8.39. The molecule has 0 aromatic carbocycles. The molecule has 1 aliphatic rings. The molecule has 3 amide bonds. The Morgan fingerprint density at radius 3 is 2.50 bits per heavy atom. The quantitative estimate of drug-likeness (QED) is 0.568. The Hall–Kier alpha value is -1.79. The first-order valence-electron chi connectivity index (χ1n) is 7.08. The fourth-order valence-corrected chi connectivity index (χ4v) is 2.39. The van der Waals surface area contributed by atoms with Crippen molar-refractivity contribution < 1.29 is 19.5 Å². The van der Waals surface area contributed by atoms with Crippen molar-refractivity contribution in [2.75, 3.05) is 13.1 Å². The second-order valence-corrected chi connectivity index (χ2v) is 4.94. The maximum Gasteiger partial charge on any atom is 0.315 e. The van der Waals surface area contributed by atoms with Gasteiger partial charge in [0.2, 0.25) is 5.91 Å². The Balaban J connectivity index is 2.30. The minimum Gasteiger partial charge on any atom is -0.481 e. The van der Waals surface area contributed by atoms with Crippen molar-refractivity contribution >= 4 is 17.9 Å². The van der Waals surface area contributed by atoms with E-state index < -0.39 is 17.9 Å². The van der Waals surface area contributed by atoms with Crippen molar-refractivity contribution in [2.45, 2.75) is 45.1 Å². The monoisotopic (exact) mass is 285 g/mol. The van der Waals surface area contributed by atoms with Gasteiger partial charge in [0.25, 0.3) is 0 Å². The van der Waals surface area contributed by atoms with E-state index >= 15 is 0 Å². The summed E-state index contributed by atoms with van der Waals surface area (Å²) < 4.78 is 0. The number of nitrogens with one attached hydrogen (secondary N) is 3. The molecule has 114 valence electrons. The van der Waals surface area contributed by atoms with Crippen LogP contribution in [0.4, 0.5) is 4.79 Å². The summed E-state index contributed by atoms with van der Waals surface area (Å²) in [5, 5.41) is 17.0. The van der Waals surface area contributed by atoms with Crippen LogP contribution in [0.25, 0.3) is 0 Å². The zero-order chi connectivity index (χ0) is 15.0. The molecular formula is C13H23N3O4. The average Bonchev–Trinajstić information content (AvgIpc) is 2.39. The molecule has 0 bridgehead atoms. The van der Waals surface area contributed by atoms with Gasteiger partial charge in [0, 0.05) is 25.6 Å². The Kier molecular flexibility index (Phi) is 6.83. The van der Waals surface area contributed by atoms with Gasteiger partial charge in [-0.05, 0) is 19.8 Å². The van der Waals surface area contributed by atoms with Crippen LogP contribution in [0.3, 0.4) is 0 Å². The van der Waals surface area contributed by atoms with Crippen molar-refractivity contribution in [1.29, 1.82) is 0 Å². The number of carbonyl (C=O) groups is 3. The topological polar surface area (TPSA) is 108 Å². The standard InChI is InChI=1S/C13H23N3O4/c1-2-14-11(17)7-8-15-13(20)16-10-6-4-3-5-9(10)12(18)19/h9-10H,2-8H2,1H3,(H,14,17)(H,18,19)(H2,15,16,20). The first kappa shape index (κ1) is 16.3. The van der Waals surface area contributed by atoms with Gasteiger partial charge >= 0.3 is 12.0 Å². The van der Waals surface area contributed by atoms with Crippen LogP contribution in [-0.4, -0.2) is 42.1 Å². The fraction of sp³-hybridized carbons (Fsp3) is 0.769. The molecule has 7 heteroatoms. The van der Waals surface area contributed by atoms with Crippen molar-refractivity contribution in [3.8, 4) is 0 Å². The fourth-order valence-electron chi connectivity index (χ4n) is 2.39. The van der Waals surface area contributed by atoms with E-state index in [0.717, 1.165) is 12.8 Å². The summed E-state index contributed by atoms with van der Waals surface area (Å²) in [4.78, 5) is 34.0. The van der Waals surface area contributed by atoms with Gasteiger partial charge in [-0.1, -0.05) is 12.8 Å². The molecular weight excluding hydrogens is 262 g/mol. The van der Waals surface area contributed by atoms with Crippen LogP contribution < -0.4 is 16.0 Å². The highest BCUT2D eigenvalue weighted by molar-refractivity contribution is 5.79. The zero-order valence-corrected chi connectivity index (χ0v) is 11.8. The van der Waals surface area contributed by atoms with Gasteiger partial charge in [0.05, 0.1) is 5.92 Å². The lowest BCUT2D eigenvalue weighted by atomic mass is 9.84. The molecule has 2 atom stereocenters. The van der Waals surface area contributed by atoms with Gasteiger partial charge in [-0.25, -0.2) is 4.79 Å². The summed E-state index contributed by atoms with van der Waals surface area (Å²) in [6.07, 6.45) is 3.30. The highest BCUT2D eigenvalue weighted by Gasteiger charge is 2.31. The maximum atomic E-state index is 11.7. The minimum absolute atomic E-state index is 0.117. The van der Waals surface area contributed by atoms with Crippen molar-refractivity contribution in [3.05, 3.63) is 0 Å². The molecule has 7 nitrogen and oxygen atoms in total. The highest BCUT2D eigenvalue weighted by Crippen LogP contribution is 2.24. The van der Waals surface area contributed by atoms with E-state index in [9.17, 15) is 14.4 Å². The molecule has 0 radical (unpaired) electrons. The van der Waals surface area contributed by atoms with Crippen LogP contribution in [0, 0.1) is 5.92 Å².